The number of allylic oxidation sites excluding steroid dienone is 1. The van der Waals surface area contributed by atoms with Crippen LogP contribution in [-0.2, 0) is 30.8 Å². The van der Waals surface area contributed by atoms with Crippen molar-refractivity contribution < 1.29 is 9.53 Å². The lowest BCUT2D eigenvalue weighted by atomic mass is 9.97. The molecule has 0 saturated carbocycles. The molecule has 0 unspecified atom stereocenters. The number of carbonyl (C=O) groups excluding carboxylic acids is 1. The van der Waals surface area contributed by atoms with E-state index in [0.717, 1.165) is 47.4 Å². The third-order valence-electron chi connectivity index (χ3n) is 6.25. The number of carbonyl (C=O) groups is 1. The minimum Gasteiger partial charge on any atom is -0.486 e. The Hall–Kier alpha value is -2.80. The minimum atomic E-state index is -0.172. The van der Waals surface area contributed by atoms with Gasteiger partial charge >= 0.3 is 0 Å². The van der Waals surface area contributed by atoms with Gasteiger partial charge in [0.2, 0.25) is 5.91 Å². The van der Waals surface area contributed by atoms with Gasteiger partial charge in [0.1, 0.15) is 23.4 Å². The molecule has 4 rings (SSSR count). The molecule has 0 spiro atoms. The highest BCUT2D eigenvalue weighted by molar-refractivity contribution is 7.99. The molecule has 1 aliphatic carbocycles. The molecule has 0 saturated heterocycles. The molecule has 0 fully saturated rings. The Bertz CT molecular complexity index is 1320. The molecule has 1 N–H and O–H groups in total. The topological polar surface area (TPSA) is 92.8 Å². The maximum Gasteiger partial charge on any atom is 0.235 e. The number of nitriles is 1. The van der Waals surface area contributed by atoms with E-state index < -0.39 is 0 Å². The highest BCUT2D eigenvalue weighted by atomic mass is 35.5. The molecule has 1 amide bonds. The zero-order chi connectivity index (χ0) is 26.4. The monoisotopic (exact) mass is 555 g/mol. The summed E-state index contributed by atoms with van der Waals surface area (Å²) in [7, 11) is 0. The maximum absolute atomic E-state index is 12.8. The van der Waals surface area contributed by atoms with Gasteiger partial charge in [-0.1, -0.05) is 42.3 Å². The summed E-state index contributed by atoms with van der Waals surface area (Å²) in [6.45, 7) is 8.43. The number of hydrogen-bond donors (Lipinski definition) is 1. The molecular weight excluding hydrogens is 526 g/mol. The van der Waals surface area contributed by atoms with E-state index in [2.05, 4.69) is 28.2 Å². The molecule has 1 aromatic carbocycles. The van der Waals surface area contributed by atoms with Crippen molar-refractivity contribution >= 4 is 45.6 Å². The van der Waals surface area contributed by atoms with Gasteiger partial charge in [-0.2, -0.15) is 5.26 Å². The second-order valence-corrected chi connectivity index (χ2v) is 11.5. The number of anilines is 1. The number of thiophene rings is 1. The molecule has 0 aliphatic heterocycles. The van der Waals surface area contributed by atoms with Crippen LogP contribution in [0.3, 0.4) is 0 Å². The van der Waals surface area contributed by atoms with Crippen LogP contribution in [0.15, 0.2) is 29.9 Å². The van der Waals surface area contributed by atoms with Gasteiger partial charge in [-0.15, -0.1) is 28.1 Å². The summed E-state index contributed by atoms with van der Waals surface area (Å²) in [5.41, 5.74) is 3.64. The Morgan fingerprint density at radius 2 is 2.00 bits per heavy atom. The van der Waals surface area contributed by atoms with Crippen molar-refractivity contribution in [1.82, 2.24) is 14.8 Å². The molecule has 1 aliphatic rings. The van der Waals surface area contributed by atoms with Crippen LogP contribution in [0.1, 0.15) is 58.6 Å². The molecule has 3 aromatic rings. The first kappa shape index (κ1) is 27.2. The van der Waals surface area contributed by atoms with Gasteiger partial charge in [-0.25, -0.2) is 0 Å². The largest absolute Gasteiger partial charge is 0.486 e. The Morgan fingerprint density at radius 1 is 1.27 bits per heavy atom. The molecule has 7 nitrogen and oxygen atoms in total. The molecule has 194 valence electrons. The van der Waals surface area contributed by atoms with E-state index in [9.17, 15) is 10.1 Å². The van der Waals surface area contributed by atoms with Crippen molar-refractivity contribution in [3.63, 3.8) is 0 Å². The first-order chi connectivity index (χ1) is 17.9. The molecule has 2 heterocycles. The minimum absolute atomic E-state index is 0.152. The molecule has 37 heavy (non-hydrogen) atoms. The number of nitrogens with one attached hydrogen (secondary N) is 1. The number of amides is 1. The van der Waals surface area contributed by atoms with Gasteiger partial charge in [0.15, 0.2) is 11.0 Å². The second-order valence-electron chi connectivity index (χ2n) is 9.03. The van der Waals surface area contributed by atoms with Crippen LogP contribution in [0.5, 0.6) is 5.75 Å². The van der Waals surface area contributed by atoms with Crippen LogP contribution in [0.2, 0.25) is 5.02 Å². The number of fused-ring (bicyclic) bond motifs is 1. The predicted octanol–water partition coefficient (Wildman–Crippen LogP) is 6.64. The fraction of sp³-hybridized carbons (Fsp3) is 0.407. The first-order valence-corrected chi connectivity index (χ1v) is 14.5. The van der Waals surface area contributed by atoms with Crippen molar-refractivity contribution in [1.29, 1.82) is 5.26 Å². The number of rotatable bonds is 9. The van der Waals surface area contributed by atoms with Gasteiger partial charge in [-0.05, 0) is 68.4 Å². The number of halogens is 1. The SMILES string of the molecule is C=CCn1c(COc2cc(C)c(Cl)c(C)c2)nnc1SCC(=O)Nc1sc2c(c1C#N)CCCCCC2. The Balaban J connectivity index is 1.41. The third-order valence-corrected chi connectivity index (χ3v) is 9.02. The Kier molecular flexibility index (Phi) is 9.30. The lowest BCUT2D eigenvalue weighted by Crippen LogP contribution is -2.15. The second kappa shape index (κ2) is 12.6. The van der Waals surface area contributed by atoms with E-state index in [0.29, 0.717) is 33.8 Å². The average Bonchev–Trinajstić information content (AvgIpc) is 3.39. The summed E-state index contributed by atoms with van der Waals surface area (Å²) < 4.78 is 7.85. The summed E-state index contributed by atoms with van der Waals surface area (Å²) in [6, 6.07) is 6.12. The number of ether oxygens (including phenoxy) is 1. The molecule has 0 radical (unpaired) electrons. The van der Waals surface area contributed by atoms with Gasteiger partial charge in [0, 0.05) is 16.4 Å². The van der Waals surface area contributed by atoms with Crippen LogP contribution in [0.25, 0.3) is 0 Å². The van der Waals surface area contributed by atoms with Crippen LogP contribution in [-0.4, -0.2) is 26.4 Å². The highest BCUT2D eigenvalue weighted by Crippen LogP contribution is 2.36. The number of benzene rings is 1. The van der Waals surface area contributed by atoms with E-state index in [1.54, 1.807) is 17.4 Å². The molecule has 0 atom stereocenters. The first-order valence-electron chi connectivity index (χ1n) is 12.3. The van der Waals surface area contributed by atoms with Crippen molar-refractivity contribution in [3.8, 4) is 11.8 Å². The predicted molar refractivity (Wildman–Crippen MR) is 150 cm³/mol. The van der Waals surface area contributed by atoms with Crippen LogP contribution in [0.4, 0.5) is 5.00 Å². The molecule has 0 bridgehead atoms. The third kappa shape index (κ3) is 6.56. The molecule has 10 heteroatoms. The molecule has 2 aromatic heterocycles. The summed E-state index contributed by atoms with van der Waals surface area (Å²) in [6.07, 6.45) is 8.26. The number of hydrogen-bond acceptors (Lipinski definition) is 7. The summed E-state index contributed by atoms with van der Waals surface area (Å²) in [5.74, 6) is 1.32. The Morgan fingerprint density at radius 3 is 2.70 bits per heavy atom. The van der Waals surface area contributed by atoms with E-state index in [1.165, 1.54) is 29.5 Å². The number of thioether (sulfide) groups is 1. The van der Waals surface area contributed by atoms with Crippen molar-refractivity contribution in [2.45, 2.75) is 70.7 Å². The van der Waals surface area contributed by atoms with E-state index >= 15 is 0 Å². The fourth-order valence-electron chi connectivity index (χ4n) is 4.40. The normalized spacial score (nSPS) is 13.2. The number of aromatic nitrogens is 3. The quantitative estimate of drug-likeness (QED) is 0.235. The number of aryl methyl sites for hydroxylation is 3. The fourth-order valence-corrected chi connectivity index (χ4v) is 6.53. The zero-order valence-electron chi connectivity index (χ0n) is 21.1. The maximum atomic E-state index is 12.8. The van der Waals surface area contributed by atoms with Crippen LogP contribution in [0, 0.1) is 25.2 Å². The van der Waals surface area contributed by atoms with Crippen molar-refractivity contribution in [2.24, 2.45) is 0 Å². The summed E-state index contributed by atoms with van der Waals surface area (Å²) in [4.78, 5) is 14.1. The molecular formula is C27H30ClN5O2S2. The van der Waals surface area contributed by atoms with Gasteiger partial charge in [0.05, 0.1) is 11.3 Å². The van der Waals surface area contributed by atoms with Gasteiger partial charge in [0.25, 0.3) is 0 Å². The zero-order valence-corrected chi connectivity index (χ0v) is 23.5. The lowest BCUT2D eigenvalue weighted by Gasteiger charge is -2.11. The van der Waals surface area contributed by atoms with E-state index in [1.807, 2.05) is 30.5 Å². The van der Waals surface area contributed by atoms with E-state index in [4.69, 9.17) is 16.3 Å². The van der Waals surface area contributed by atoms with Gasteiger partial charge < -0.3 is 10.1 Å². The number of nitrogens with zero attached hydrogens (tertiary/aromatic N) is 4. The van der Waals surface area contributed by atoms with Crippen LogP contribution < -0.4 is 10.1 Å². The van der Waals surface area contributed by atoms with E-state index in [-0.39, 0.29) is 18.3 Å². The van der Waals surface area contributed by atoms with Gasteiger partial charge in [-0.3, -0.25) is 9.36 Å². The standard InChI is InChI=1S/C27H30ClN5O2S2/c1-4-11-33-23(15-35-19-12-17(2)25(28)18(3)13-19)31-32-27(33)36-16-24(34)30-26-21(14-29)20-9-7-5-6-8-10-22(20)37-26/h4,12-13H,1,5-11,15-16H2,2-3H3,(H,30,34). The van der Waals surface area contributed by atoms with Crippen LogP contribution >= 0.6 is 34.7 Å². The summed E-state index contributed by atoms with van der Waals surface area (Å²) >= 11 is 9.10. The van der Waals surface area contributed by atoms with Crippen molar-refractivity contribution in [2.75, 3.05) is 11.1 Å². The summed E-state index contributed by atoms with van der Waals surface area (Å²) in [5, 5.41) is 23.3. The lowest BCUT2D eigenvalue weighted by molar-refractivity contribution is -0.113. The van der Waals surface area contributed by atoms with Crippen molar-refractivity contribution in [3.05, 3.63) is 62.8 Å². The smallest absolute Gasteiger partial charge is 0.235 e. The highest BCUT2D eigenvalue weighted by Gasteiger charge is 2.21. The average molecular weight is 556 g/mol. The Labute approximate surface area is 230 Å².